The van der Waals surface area contributed by atoms with Crippen LogP contribution in [-0.4, -0.2) is 22.2 Å². The highest BCUT2D eigenvalue weighted by Gasteiger charge is 2.44. The molecule has 7 nitrogen and oxygen atoms in total. The van der Waals surface area contributed by atoms with E-state index in [0.717, 1.165) is 49.6 Å². The summed E-state index contributed by atoms with van der Waals surface area (Å²) in [5, 5.41) is 5.98. The highest BCUT2D eigenvalue weighted by atomic mass is 19.4. The summed E-state index contributed by atoms with van der Waals surface area (Å²) in [6, 6.07) is 3.48. The lowest BCUT2D eigenvalue weighted by atomic mass is 9.77. The molecule has 1 amide bonds. The van der Waals surface area contributed by atoms with Gasteiger partial charge in [-0.25, -0.2) is 9.97 Å². The maximum absolute atomic E-state index is 12.8. The van der Waals surface area contributed by atoms with E-state index >= 15 is 0 Å². The van der Waals surface area contributed by atoms with Crippen molar-refractivity contribution in [2.45, 2.75) is 50.9 Å². The van der Waals surface area contributed by atoms with E-state index in [1.54, 1.807) is 19.1 Å². The first-order chi connectivity index (χ1) is 13.7. The Morgan fingerprint density at radius 3 is 2.62 bits per heavy atom. The van der Waals surface area contributed by atoms with E-state index in [1.807, 2.05) is 0 Å². The Morgan fingerprint density at radius 1 is 1.21 bits per heavy atom. The molecule has 1 aromatic carbocycles. The number of halogens is 3. The van der Waals surface area contributed by atoms with Crippen molar-refractivity contribution in [2.24, 2.45) is 0 Å². The molecule has 2 heterocycles. The molecule has 29 heavy (non-hydrogen) atoms. The zero-order valence-electron chi connectivity index (χ0n) is 15.7. The molecule has 0 atom stereocenters. The van der Waals surface area contributed by atoms with Gasteiger partial charge in [-0.1, -0.05) is 19.3 Å². The fourth-order valence-electron chi connectivity index (χ4n) is 4.26. The molecule has 0 saturated heterocycles. The number of alkyl halides is 3. The topological polar surface area (TPSA) is 102 Å². The number of nitrogens with zero attached hydrogens (tertiary/aromatic N) is 2. The van der Waals surface area contributed by atoms with Gasteiger partial charge in [0.05, 0.1) is 5.54 Å². The molecule has 1 spiro atoms. The molecule has 0 unspecified atom stereocenters. The molecule has 1 fully saturated rings. The van der Waals surface area contributed by atoms with Crippen molar-refractivity contribution >= 4 is 23.2 Å². The lowest BCUT2D eigenvalue weighted by molar-refractivity contribution is -0.274. The average molecular weight is 407 g/mol. The third-order valence-electron chi connectivity index (χ3n) is 5.45. The Bertz CT molecular complexity index is 971. The highest BCUT2D eigenvalue weighted by Crippen LogP contribution is 2.45. The molecular weight excluding hydrogens is 387 g/mol. The lowest BCUT2D eigenvalue weighted by Crippen LogP contribution is -2.40. The monoisotopic (exact) mass is 407 g/mol. The predicted molar refractivity (Wildman–Crippen MR) is 99.8 cm³/mol. The zero-order valence-corrected chi connectivity index (χ0v) is 15.7. The third kappa shape index (κ3) is 3.54. The van der Waals surface area contributed by atoms with Crippen LogP contribution < -0.4 is 21.1 Å². The molecule has 2 aromatic rings. The number of nitrogen functional groups attached to an aromatic ring is 1. The number of amides is 1. The molecule has 2 aliphatic rings. The molecule has 1 saturated carbocycles. The molecule has 1 aromatic heterocycles. The lowest BCUT2D eigenvalue weighted by Gasteiger charge is -2.34. The van der Waals surface area contributed by atoms with Crippen LogP contribution >= 0.6 is 0 Å². The summed E-state index contributed by atoms with van der Waals surface area (Å²) >= 11 is 0. The Labute approximate surface area is 164 Å². The van der Waals surface area contributed by atoms with Gasteiger partial charge in [0.1, 0.15) is 6.33 Å². The average Bonchev–Trinajstić information content (AvgIpc) is 2.89. The molecule has 154 valence electrons. The highest BCUT2D eigenvalue weighted by molar-refractivity contribution is 6.02. The molecule has 4 N–H and O–H groups in total. The van der Waals surface area contributed by atoms with Gasteiger partial charge in [0, 0.05) is 11.3 Å². The smallest absolute Gasteiger partial charge is 0.398 e. The SMILES string of the molecule is Cc1cc(Nc2ncnc(N)c2OC(F)(F)F)cc2c1C(=O)NC21CCCCC1. The summed E-state index contributed by atoms with van der Waals surface area (Å²) < 4.78 is 42.3. The van der Waals surface area contributed by atoms with Gasteiger partial charge >= 0.3 is 6.36 Å². The van der Waals surface area contributed by atoms with E-state index in [2.05, 4.69) is 25.3 Å². The van der Waals surface area contributed by atoms with Crippen molar-refractivity contribution in [1.29, 1.82) is 0 Å². The van der Waals surface area contributed by atoms with Crippen LogP contribution in [0.1, 0.15) is 53.6 Å². The number of rotatable bonds is 3. The Kier molecular flexibility index (Phi) is 4.51. The van der Waals surface area contributed by atoms with E-state index < -0.39 is 23.5 Å². The van der Waals surface area contributed by atoms with Crippen LogP contribution in [0.2, 0.25) is 0 Å². The van der Waals surface area contributed by atoms with E-state index in [9.17, 15) is 18.0 Å². The number of nitrogens with one attached hydrogen (secondary N) is 2. The fourth-order valence-corrected chi connectivity index (χ4v) is 4.26. The largest absolute Gasteiger partial charge is 0.573 e. The minimum absolute atomic E-state index is 0.113. The van der Waals surface area contributed by atoms with Gasteiger partial charge in [0.15, 0.2) is 11.6 Å². The zero-order chi connectivity index (χ0) is 20.8. The Balaban J connectivity index is 1.74. The van der Waals surface area contributed by atoms with Crippen LogP contribution in [-0.2, 0) is 5.54 Å². The van der Waals surface area contributed by atoms with Crippen LogP contribution in [0, 0.1) is 6.92 Å². The van der Waals surface area contributed by atoms with Crippen molar-refractivity contribution in [2.75, 3.05) is 11.1 Å². The second kappa shape index (κ2) is 6.78. The van der Waals surface area contributed by atoms with Crippen molar-refractivity contribution in [3.05, 3.63) is 35.2 Å². The number of benzene rings is 1. The minimum atomic E-state index is -4.94. The van der Waals surface area contributed by atoms with Crippen LogP contribution in [0.4, 0.5) is 30.5 Å². The number of carbonyl (C=O) groups is 1. The molecule has 10 heteroatoms. The van der Waals surface area contributed by atoms with Gasteiger partial charge in [-0.05, 0) is 43.0 Å². The number of hydrogen-bond donors (Lipinski definition) is 3. The number of aryl methyl sites for hydroxylation is 1. The number of aromatic nitrogens is 2. The maximum Gasteiger partial charge on any atom is 0.573 e. The molecule has 1 aliphatic carbocycles. The summed E-state index contributed by atoms with van der Waals surface area (Å²) in [6.07, 6.45) is 0.891. The first kappa shape index (κ1) is 19.3. The van der Waals surface area contributed by atoms with E-state index in [4.69, 9.17) is 5.73 Å². The van der Waals surface area contributed by atoms with Crippen molar-refractivity contribution in [1.82, 2.24) is 15.3 Å². The van der Waals surface area contributed by atoms with E-state index in [1.165, 1.54) is 0 Å². The van der Waals surface area contributed by atoms with Crippen LogP contribution in [0.3, 0.4) is 0 Å². The van der Waals surface area contributed by atoms with Crippen molar-refractivity contribution in [3.63, 3.8) is 0 Å². The van der Waals surface area contributed by atoms with Gasteiger partial charge in [-0.15, -0.1) is 13.2 Å². The van der Waals surface area contributed by atoms with Crippen LogP contribution in [0.25, 0.3) is 0 Å². The summed E-state index contributed by atoms with van der Waals surface area (Å²) in [5.41, 5.74) is 7.85. The Hall–Kier alpha value is -3.04. The molecular formula is C19H20F3N5O2. The third-order valence-corrected chi connectivity index (χ3v) is 5.45. The number of ether oxygens (including phenoxy) is 1. The van der Waals surface area contributed by atoms with Crippen molar-refractivity contribution < 1.29 is 22.7 Å². The van der Waals surface area contributed by atoms with E-state index in [-0.39, 0.29) is 11.7 Å². The van der Waals surface area contributed by atoms with Crippen LogP contribution in [0.5, 0.6) is 5.75 Å². The fraction of sp³-hybridized carbons (Fsp3) is 0.421. The first-order valence-electron chi connectivity index (χ1n) is 9.29. The molecule has 1 aliphatic heterocycles. The van der Waals surface area contributed by atoms with Gasteiger partial charge in [0.25, 0.3) is 5.91 Å². The standard InChI is InChI=1S/C19H20F3N5O2/c1-10-7-11(26-16-14(29-19(20,21)22)15(23)24-9-25-16)8-12-13(10)17(28)27-18(12)5-3-2-4-6-18/h7-9H,2-6H2,1H3,(H,27,28)(H3,23,24,25,26). The summed E-state index contributed by atoms with van der Waals surface area (Å²) in [4.78, 5) is 20.0. The van der Waals surface area contributed by atoms with Crippen LogP contribution in [0.15, 0.2) is 18.5 Å². The number of carbonyl (C=O) groups excluding carboxylic acids is 1. The molecule has 4 rings (SSSR count). The number of nitrogens with two attached hydrogens (primary N) is 1. The maximum atomic E-state index is 12.8. The number of anilines is 3. The first-order valence-corrected chi connectivity index (χ1v) is 9.29. The molecule has 0 radical (unpaired) electrons. The van der Waals surface area contributed by atoms with Crippen molar-refractivity contribution in [3.8, 4) is 5.75 Å². The quantitative estimate of drug-likeness (QED) is 0.713. The number of fused-ring (bicyclic) bond motifs is 2. The summed E-state index contributed by atoms with van der Waals surface area (Å²) in [6.45, 7) is 1.80. The van der Waals surface area contributed by atoms with Gasteiger partial charge in [-0.3, -0.25) is 4.79 Å². The predicted octanol–water partition coefficient (Wildman–Crippen LogP) is 3.91. The normalized spacial score (nSPS) is 17.7. The van der Waals surface area contributed by atoms with E-state index in [0.29, 0.717) is 11.3 Å². The second-order valence-electron chi connectivity index (χ2n) is 7.42. The summed E-state index contributed by atoms with van der Waals surface area (Å²) in [5.74, 6) is -1.44. The molecule has 0 bridgehead atoms. The van der Waals surface area contributed by atoms with Gasteiger partial charge < -0.3 is 21.1 Å². The summed E-state index contributed by atoms with van der Waals surface area (Å²) in [7, 11) is 0. The second-order valence-corrected chi connectivity index (χ2v) is 7.42. The number of hydrogen-bond acceptors (Lipinski definition) is 6. The van der Waals surface area contributed by atoms with Gasteiger partial charge in [0.2, 0.25) is 5.75 Å². The Morgan fingerprint density at radius 2 is 1.93 bits per heavy atom. The van der Waals surface area contributed by atoms with Gasteiger partial charge in [-0.2, -0.15) is 0 Å². The minimum Gasteiger partial charge on any atom is -0.398 e.